The molecule has 104 valence electrons. The summed E-state index contributed by atoms with van der Waals surface area (Å²) in [5.74, 6) is -0.164. The Labute approximate surface area is 115 Å². The van der Waals surface area contributed by atoms with Gasteiger partial charge in [-0.2, -0.15) is 0 Å². The zero-order valence-corrected chi connectivity index (χ0v) is 11.6. The molecule has 1 aliphatic carbocycles. The molecule has 2 atom stereocenters. The lowest BCUT2D eigenvalue weighted by molar-refractivity contribution is -0.150. The van der Waals surface area contributed by atoms with E-state index in [-0.39, 0.29) is 18.1 Å². The van der Waals surface area contributed by atoms with Crippen LogP contribution in [-0.2, 0) is 16.0 Å². The van der Waals surface area contributed by atoms with Crippen molar-refractivity contribution in [2.24, 2.45) is 5.73 Å². The summed E-state index contributed by atoms with van der Waals surface area (Å²) in [6.07, 6.45) is 5.21. The van der Waals surface area contributed by atoms with E-state index in [1.165, 1.54) is 11.1 Å². The van der Waals surface area contributed by atoms with E-state index < -0.39 is 0 Å². The summed E-state index contributed by atoms with van der Waals surface area (Å²) in [5, 5.41) is 0. The van der Waals surface area contributed by atoms with Gasteiger partial charge in [-0.25, -0.2) is 0 Å². The lowest BCUT2D eigenvalue weighted by atomic mass is 9.89. The molecule has 2 unspecified atom stereocenters. The number of benzene rings is 1. The van der Waals surface area contributed by atoms with E-state index in [1.54, 1.807) is 0 Å². The lowest BCUT2D eigenvalue weighted by Gasteiger charge is -2.25. The second kappa shape index (κ2) is 6.71. The van der Waals surface area contributed by atoms with E-state index in [0.717, 1.165) is 32.1 Å². The molecule has 3 heteroatoms. The molecule has 0 aromatic heterocycles. The van der Waals surface area contributed by atoms with Crippen molar-refractivity contribution in [2.75, 3.05) is 0 Å². The number of esters is 1. The minimum Gasteiger partial charge on any atom is -0.457 e. The second-order valence-electron chi connectivity index (χ2n) is 5.32. The van der Waals surface area contributed by atoms with Gasteiger partial charge in [-0.15, -0.1) is 0 Å². The molecule has 2 rings (SSSR count). The number of hydrogen-bond donors (Lipinski definition) is 1. The molecule has 2 N–H and O–H groups in total. The Morgan fingerprint density at radius 3 is 3.05 bits per heavy atom. The van der Waals surface area contributed by atoms with Crippen molar-refractivity contribution in [1.29, 1.82) is 0 Å². The van der Waals surface area contributed by atoms with Crippen molar-refractivity contribution >= 4 is 5.97 Å². The van der Waals surface area contributed by atoms with Gasteiger partial charge in [-0.3, -0.25) is 4.79 Å². The Morgan fingerprint density at radius 2 is 2.26 bits per heavy atom. The number of carbonyl (C=O) groups excluding carboxylic acids is 1. The van der Waals surface area contributed by atoms with Crippen molar-refractivity contribution in [1.82, 2.24) is 0 Å². The molecule has 1 aromatic rings. The standard InChI is InChI=1S/C16H23NO2/c1-2-6-13(17)11-16(18)19-15-10-5-8-12-7-3-4-9-14(12)15/h3-4,7,9,13,15H,2,5-6,8,10-11,17H2,1H3. The fourth-order valence-electron chi connectivity index (χ4n) is 2.73. The van der Waals surface area contributed by atoms with Crippen LogP contribution in [-0.4, -0.2) is 12.0 Å². The quantitative estimate of drug-likeness (QED) is 0.828. The Balaban J connectivity index is 1.95. The molecular formula is C16H23NO2. The van der Waals surface area contributed by atoms with Crippen molar-refractivity contribution in [2.45, 2.75) is 57.6 Å². The molecule has 0 spiro atoms. The first-order valence-corrected chi connectivity index (χ1v) is 7.23. The van der Waals surface area contributed by atoms with Gasteiger partial charge in [0.05, 0.1) is 6.42 Å². The van der Waals surface area contributed by atoms with Gasteiger partial charge in [0.15, 0.2) is 0 Å². The molecule has 0 radical (unpaired) electrons. The van der Waals surface area contributed by atoms with Crippen molar-refractivity contribution in [3.63, 3.8) is 0 Å². The normalized spacial score (nSPS) is 19.6. The Morgan fingerprint density at radius 1 is 1.47 bits per heavy atom. The highest BCUT2D eigenvalue weighted by Crippen LogP contribution is 2.32. The van der Waals surface area contributed by atoms with Gasteiger partial charge in [-0.05, 0) is 36.8 Å². The molecule has 0 heterocycles. The van der Waals surface area contributed by atoms with Crippen molar-refractivity contribution in [3.05, 3.63) is 35.4 Å². The summed E-state index contributed by atoms with van der Waals surface area (Å²) in [7, 11) is 0. The van der Waals surface area contributed by atoms with Crippen LogP contribution in [0, 0.1) is 0 Å². The number of fused-ring (bicyclic) bond motifs is 1. The number of nitrogens with two attached hydrogens (primary N) is 1. The van der Waals surface area contributed by atoms with E-state index in [1.807, 2.05) is 12.1 Å². The zero-order valence-electron chi connectivity index (χ0n) is 11.6. The molecule has 0 aliphatic heterocycles. The average Bonchev–Trinajstić information content (AvgIpc) is 2.39. The third-order valence-corrected chi connectivity index (χ3v) is 3.68. The zero-order chi connectivity index (χ0) is 13.7. The summed E-state index contributed by atoms with van der Waals surface area (Å²) in [6, 6.07) is 8.17. The Bertz CT molecular complexity index is 431. The van der Waals surface area contributed by atoms with Gasteiger partial charge in [0, 0.05) is 6.04 Å². The van der Waals surface area contributed by atoms with Crippen LogP contribution in [0.1, 0.15) is 56.3 Å². The third kappa shape index (κ3) is 3.80. The number of aryl methyl sites for hydroxylation is 1. The second-order valence-corrected chi connectivity index (χ2v) is 5.32. The van der Waals surface area contributed by atoms with Crippen LogP contribution in [0.5, 0.6) is 0 Å². The van der Waals surface area contributed by atoms with Gasteiger partial charge >= 0.3 is 5.97 Å². The first kappa shape index (κ1) is 14.1. The predicted octanol–water partition coefficient (Wildman–Crippen LogP) is 3.12. The molecule has 0 saturated carbocycles. The average molecular weight is 261 g/mol. The van der Waals surface area contributed by atoms with E-state index >= 15 is 0 Å². The van der Waals surface area contributed by atoms with Crippen LogP contribution in [0.2, 0.25) is 0 Å². The van der Waals surface area contributed by atoms with Gasteiger partial charge in [-0.1, -0.05) is 37.6 Å². The SMILES string of the molecule is CCCC(N)CC(=O)OC1CCCc2ccccc21. The number of hydrogen-bond acceptors (Lipinski definition) is 3. The fraction of sp³-hybridized carbons (Fsp3) is 0.562. The smallest absolute Gasteiger partial charge is 0.307 e. The number of carbonyl (C=O) groups is 1. The van der Waals surface area contributed by atoms with Crippen molar-refractivity contribution in [3.8, 4) is 0 Å². The Hall–Kier alpha value is -1.35. The summed E-state index contributed by atoms with van der Waals surface area (Å²) in [4.78, 5) is 11.9. The van der Waals surface area contributed by atoms with E-state index in [0.29, 0.717) is 6.42 Å². The maximum atomic E-state index is 11.9. The molecule has 1 aromatic carbocycles. The van der Waals surface area contributed by atoms with Crippen LogP contribution in [0.3, 0.4) is 0 Å². The molecule has 0 fully saturated rings. The van der Waals surface area contributed by atoms with Crippen LogP contribution in [0.4, 0.5) is 0 Å². The van der Waals surface area contributed by atoms with Crippen LogP contribution in [0.25, 0.3) is 0 Å². The minimum absolute atomic E-state index is 0.0728. The van der Waals surface area contributed by atoms with Crippen LogP contribution >= 0.6 is 0 Å². The number of rotatable bonds is 5. The molecule has 0 bridgehead atoms. The fourth-order valence-corrected chi connectivity index (χ4v) is 2.73. The van der Waals surface area contributed by atoms with Gasteiger partial charge in [0.2, 0.25) is 0 Å². The molecule has 0 saturated heterocycles. The molecule has 19 heavy (non-hydrogen) atoms. The highest BCUT2D eigenvalue weighted by Gasteiger charge is 2.23. The van der Waals surface area contributed by atoms with Crippen LogP contribution in [0.15, 0.2) is 24.3 Å². The summed E-state index contributed by atoms with van der Waals surface area (Å²) >= 11 is 0. The maximum absolute atomic E-state index is 11.9. The topological polar surface area (TPSA) is 52.3 Å². The summed E-state index contributed by atoms with van der Waals surface area (Å²) in [6.45, 7) is 2.07. The lowest BCUT2D eigenvalue weighted by Crippen LogP contribution is -2.26. The highest BCUT2D eigenvalue weighted by molar-refractivity contribution is 5.70. The van der Waals surface area contributed by atoms with Gasteiger partial charge in [0.25, 0.3) is 0 Å². The number of ether oxygens (including phenoxy) is 1. The van der Waals surface area contributed by atoms with E-state index in [9.17, 15) is 4.79 Å². The monoisotopic (exact) mass is 261 g/mol. The van der Waals surface area contributed by atoms with E-state index in [2.05, 4.69) is 19.1 Å². The summed E-state index contributed by atoms with van der Waals surface area (Å²) < 4.78 is 5.62. The predicted molar refractivity (Wildman–Crippen MR) is 75.7 cm³/mol. The summed E-state index contributed by atoms with van der Waals surface area (Å²) in [5.41, 5.74) is 8.37. The molecule has 1 aliphatic rings. The highest BCUT2D eigenvalue weighted by atomic mass is 16.5. The first-order chi connectivity index (χ1) is 9.20. The molecule has 3 nitrogen and oxygen atoms in total. The first-order valence-electron chi connectivity index (χ1n) is 7.23. The van der Waals surface area contributed by atoms with E-state index in [4.69, 9.17) is 10.5 Å². The molecular weight excluding hydrogens is 238 g/mol. The van der Waals surface area contributed by atoms with Crippen molar-refractivity contribution < 1.29 is 9.53 Å². The maximum Gasteiger partial charge on any atom is 0.307 e. The minimum atomic E-state index is -0.164. The Kier molecular flexibility index (Phi) is 4.97. The third-order valence-electron chi connectivity index (χ3n) is 3.68. The van der Waals surface area contributed by atoms with Gasteiger partial charge in [0.1, 0.15) is 6.10 Å². The largest absolute Gasteiger partial charge is 0.457 e. The molecule has 0 amide bonds. The van der Waals surface area contributed by atoms with Crippen LogP contribution < -0.4 is 5.73 Å². The van der Waals surface area contributed by atoms with Gasteiger partial charge < -0.3 is 10.5 Å².